The summed E-state index contributed by atoms with van der Waals surface area (Å²) in [6, 6.07) is 10.1. The van der Waals surface area contributed by atoms with Gasteiger partial charge in [-0.25, -0.2) is 0 Å². The van der Waals surface area contributed by atoms with Crippen molar-refractivity contribution >= 4 is 5.69 Å². The Morgan fingerprint density at radius 3 is 2.07 bits per heavy atom. The van der Waals surface area contributed by atoms with Crippen molar-refractivity contribution in [3.63, 3.8) is 0 Å². The summed E-state index contributed by atoms with van der Waals surface area (Å²) < 4.78 is 0. The standard InChI is InChI=1S/C13H16N2/c14-11-12-5-7-13(8-6-12)15-9-3-1-2-4-10-15/h5-8H,1-4,9-10H2. The molecule has 0 aliphatic carbocycles. The van der Waals surface area contributed by atoms with Crippen LogP contribution in [0.25, 0.3) is 0 Å². The molecule has 1 aliphatic heterocycles. The summed E-state index contributed by atoms with van der Waals surface area (Å²) in [6.45, 7) is 2.32. The van der Waals surface area contributed by atoms with Gasteiger partial charge in [0.2, 0.25) is 0 Å². The molecule has 0 bridgehead atoms. The Labute approximate surface area is 91.1 Å². The van der Waals surface area contributed by atoms with E-state index in [1.807, 2.05) is 12.1 Å². The molecule has 0 unspecified atom stereocenters. The summed E-state index contributed by atoms with van der Waals surface area (Å²) in [5.74, 6) is 0. The second kappa shape index (κ2) is 4.84. The highest BCUT2D eigenvalue weighted by atomic mass is 15.1. The van der Waals surface area contributed by atoms with E-state index in [4.69, 9.17) is 5.26 Å². The van der Waals surface area contributed by atoms with Crippen LogP contribution in [0.2, 0.25) is 0 Å². The van der Waals surface area contributed by atoms with Gasteiger partial charge in [0, 0.05) is 18.8 Å². The third-order valence-electron chi connectivity index (χ3n) is 2.97. The zero-order chi connectivity index (χ0) is 10.5. The zero-order valence-electron chi connectivity index (χ0n) is 8.95. The Morgan fingerprint density at radius 2 is 1.53 bits per heavy atom. The molecule has 1 aromatic carbocycles. The summed E-state index contributed by atoms with van der Waals surface area (Å²) >= 11 is 0. The van der Waals surface area contributed by atoms with Gasteiger partial charge in [0.05, 0.1) is 11.6 Å². The van der Waals surface area contributed by atoms with Crippen LogP contribution >= 0.6 is 0 Å². The minimum Gasteiger partial charge on any atom is -0.372 e. The van der Waals surface area contributed by atoms with Crippen LogP contribution in [-0.2, 0) is 0 Å². The highest BCUT2D eigenvalue weighted by Crippen LogP contribution is 2.19. The Morgan fingerprint density at radius 1 is 0.933 bits per heavy atom. The van der Waals surface area contributed by atoms with Gasteiger partial charge in [-0.05, 0) is 37.1 Å². The monoisotopic (exact) mass is 200 g/mol. The lowest BCUT2D eigenvalue weighted by Gasteiger charge is -2.22. The topological polar surface area (TPSA) is 27.0 Å². The molecule has 0 atom stereocenters. The van der Waals surface area contributed by atoms with Gasteiger partial charge < -0.3 is 4.90 Å². The second-order valence-electron chi connectivity index (χ2n) is 4.06. The fraction of sp³-hybridized carbons (Fsp3) is 0.462. The smallest absolute Gasteiger partial charge is 0.0991 e. The number of rotatable bonds is 1. The fourth-order valence-electron chi connectivity index (χ4n) is 2.08. The molecule has 0 N–H and O–H groups in total. The van der Waals surface area contributed by atoms with Crippen LogP contribution in [0.3, 0.4) is 0 Å². The Kier molecular flexibility index (Phi) is 3.24. The number of benzene rings is 1. The van der Waals surface area contributed by atoms with E-state index in [2.05, 4.69) is 23.1 Å². The van der Waals surface area contributed by atoms with Crippen molar-refractivity contribution in [2.45, 2.75) is 25.7 Å². The number of nitrogens with zero attached hydrogens (tertiary/aromatic N) is 2. The lowest BCUT2D eigenvalue weighted by molar-refractivity contribution is 0.726. The molecule has 1 fully saturated rings. The molecule has 1 heterocycles. The van der Waals surface area contributed by atoms with Gasteiger partial charge in [0.1, 0.15) is 0 Å². The Balaban J connectivity index is 2.10. The van der Waals surface area contributed by atoms with E-state index in [-0.39, 0.29) is 0 Å². The second-order valence-corrected chi connectivity index (χ2v) is 4.06. The first-order valence-corrected chi connectivity index (χ1v) is 5.65. The SMILES string of the molecule is N#Cc1ccc(N2CCCCCC2)cc1. The van der Waals surface area contributed by atoms with Crippen molar-refractivity contribution in [3.05, 3.63) is 29.8 Å². The molecule has 1 aromatic rings. The van der Waals surface area contributed by atoms with Crippen LogP contribution in [-0.4, -0.2) is 13.1 Å². The first-order valence-electron chi connectivity index (χ1n) is 5.65. The van der Waals surface area contributed by atoms with E-state index in [9.17, 15) is 0 Å². The Bertz CT molecular complexity index is 340. The zero-order valence-corrected chi connectivity index (χ0v) is 8.95. The summed E-state index contributed by atoms with van der Waals surface area (Å²) in [6.07, 6.45) is 5.29. The Hall–Kier alpha value is -1.49. The van der Waals surface area contributed by atoms with Gasteiger partial charge >= 0.3 is 0 Å². The first kappa shape index (κ1) is 10.0. The number of hydrogen-bond donors (Lipinski definition) is 0. The van der Waals surface area contributed by atoms with E-state index in [1.165, 1.54) is 31.4 Å². The van der Waals surface area contributed by atoms with Crippen LogP contribution < -0.4 is 4.90 Å². The molecule has 2 nitrogen and oxygen atoms in total. The average Bonchev–Trinajstić information content (AvgIpc) is 2.58. The van der Waals surface area contributed by atoms with Crippen LogP contribution in [0.1, 0.15) is 31.2 Å². The van der Waals surface area contributed by atoms with Crippen LogP contribution in [0.5, 0.6) is 0 Å². The van der Waals surface area contributed by atoms with Crippen molar-refractivity contribution < 1.29 is 0 Å². The number of hydrogen-bond acceptors (Lipinski definition) is 2. The van der Waals surface area contributed by atoms with Gasteiger partial charge in [0.25, 0.3) is 0 Å². The maximum absolute atomic E-state index is 8.72. The lowest BCUT2D eigenvalue weighted by Crippen LogP contribution is -2.23. The lowest BCUT2D eigenvalue weighted by atomic mass is 10.2. The molecule has 1 aliphatic rings. The predicted octanol–water partition coefficient (Wildman–Crippen LogP) is 2.94. The molecule has 78 valence electrons. The van der Waals surface area contributed by atoms with Crippen molar-refractivity contribution in [1.29, 1.82) is 5.26 Å². The van der Waals surface area contributed by atoms with Gasteiger partial charge in [-0.15, -0.1) is 0 Å². The molecule has 0 saturated carbocycles. The summed E-state index contributed by atoms with van der Waals surface area (Å²) in [7, 11) is 0. The van der Waals surface area contributed by atoms with Gasteiger partial charge in [-0.3, -0.25) is 0 Å². The molecule has 0 spiro atoms. The molecule has 0 radical (unpaired) electrons. The molecule has 2 heteroatoms. The third-order valence-corrected chi connectivity index (χ3v) is 2.97. The molecule has 1 saturated heterocycles. The average molecular weight is 200 g/mol. The quantitative estimate of drug-likeness (QED) is 0.697. The summed E-state index contributed by atoms with van der Waals surface area (Å²) in [5, 5.41) is 8.72. The van der Waals surface area contributed by atoms with Crippen LogP contribution in [0.15, 0.2) is 24.3 Å². The fourth-order valence-corrected chi connectivity index (χ4v) is 2.08. The van der Waals surface area contributed by atoms with Gasteiger partial charge in [0.15, 0.2) is 0 Å². The normalized spacial score (nSPS) is 16.9. The molecule has 0 amide bonds. The van der Waals surface area contributed by atoms with E-state index in [1.54, 1.807) is 0 Å². The number of nitriles is 1. The van der Waals surface area contributed by atoms with Crippen molar-refractivity contribution in [3.8, 4) is 6.07 Å². The predicted molar refractivity (Wildman–Crippen MR) is 61.8 cm³/mol. The van der Waals surface area contributed by atoms with E-state index >= 15 is 0 Å². The van der Waals surface area contributed by atoms with E-state index in [0.29, 0.717) is 0 Å². The van der Waals surface area contributed by atoms with Crippen LogP contribution in [0, 0.1) is 11.3 Å². The highest BCUT2D eigenvalue weighted by Gasteiger charge is 2.09. The number of anilines is 1. The molecule has 15 heavy (non-hydrogen) atoms. The molecular formula is C13H16N2. The van der Waals surface area contributed by atoms with Crippen molar-refractivity contribution in [2.24, 2.45) is 0 Å². The van der Waals surface area contributed by atoms with E-state index in [0.717, 1.165) is 18.7 Å². The van der Waals surface area contributed by atoms with Crippen molar-refractivity contribution in [2.75, 3.05) is 18.0 Å². The minimum atomic E-state index is 0.744. The van der Waals surface area contributed by atoms with Gasteiger partial charge in [-0.1, -0.05) is 12.8 Å². The van der Waals surface area contributed by atoms with Gasteiger partial charge in [-0.2, -0.15) is 5.26 Å². The van der Waals surface area contributed by atoms with Crippen molar-refractivity contribution in [1.82, 2.24) is 0 Å². The molecule has 2 rings (SSSR count). The maximum Gasteiger partial charge on any atom is 0.0991 e. The minimum absolute atomic E-state index is 0.744. The first-order chi connectivity index (χ1) is 7.40. The maximum atomic E-state index is 8.72. The summed E-state index contributed by atoms with van der Waals surface area (Å²) in [5.41, 5.74) is 2.00. The van der Waals surface area contributed by atoms with E-state index < -0.39 is 0 Å². The molecular weight excluding hydrogens is 184 g/mol. The van der Waals surface area contributed by atoms with Crippen LogP contribution in [0.4, 0.5) is 5.69 Å². The molecule has 0 aromatic heterocycles. The largest absolute Gasteiger partial charge is 0.372 e. The highest BCUT2D eigenvalue weighted by molar-refractivity contribution is 5.49. The third kappa shape index (κ3) is 2.50. The summed E-state index contributed by atoms with van der Waals surface area (Å²) in [4.78, 5) is 2.42.